The smallest absolute Gasteiger partial charge is 0.0250 e. The predicted molar refractivity (Wildman–Crippen MR) is 66.6 cm³/mol. The van der Waals surface area contributed by atoms with E-state index in [1.54, 1.807) is 0 Å². The van der Waals surface area contributed by atoms with Gasteiger partial charge in [-0.05, 0) is 64.2 Å². The molecule has 0 bridgehead atoms. The Morgan fingerprint density at radius 1 is 1.06 bits per heavy atom. The highest BCUT2D eigenvalue weighted by atomic mass is 15.2. The minimum Gasteiger partial charge on any atom is -0.317 e. The molecule has 0 aromatic heterocycles. The predicted octanol–water partition coefficient (Wildman–Crippen LogP) is 0.812. The quantitative estimate of drug-likeness (QED) is 0.741. The van der Waals surface area contributed by atoms with Crippen LogP contribution in [0.2, 0.25) is 0 Å². The van der Waals surface area contributed by atoms with Crippen LogP contribution in [0.15, 0.2) is 0 Å². The second-order valence-corrected chi connectivity index (χ2v) is 5.74. The van der Waals surface area contributed by atoms with Crippen LogP contribution in [-0.2, 0) is 0 Å². The van der Waals surface area contributed by atoms with Gasteiger partial charge in [-0.25, -0.2) is 0 Å². The van der Waals surface area contributed by atoms with E-state index in [9.17, 15) is 0 Å². The molecule has 3 nitrogen and oxygen atoms in total. The van der Waals surface area contributed by atoms with Crippen molar-refractivity contribution in [3.63, 3.8) is 0 Å². The summed E-state index contributed by atoms with van der Waals surface area (Å²) in [7, 11) is 0. The third kappa shape index (κ3) is 2.27. The van der Waals surface area contributed by atoms with Gasteiger partial charge in [0.1, 0.15) is 0 Å². The SMILES string of the molecule is C1CC2C(NCC3CCNCC3)CCN2C1. The van der Waals surface area contributed by atoms with Crippen LogP contribution in [-0.4, -0.2) is 49.7 Å². The molecule has 3 rings (SSSR count). The van der Waals surface area contributed by atoms with E-state index in [4.69, 9.17) is 0 Å². The molecule has 3 saturated heterocycles. The first kappa shape index (κ1) is 11.0. The van der Waals surface area contributed by atoms with Crippen molar-refractivity contribution in [3.8, 4) is 0 Å². The van der Waals surface area contributed by atoms with E-state index in [1.807, 2.05) is 0 Å². The van der Waals surface area contributed by atoms with Crippen LogP contribution in [0.1, 0.15) is 32.1 Å². The van der Waals surface area contributed by atoms with Crippen molar-refractivity contribution < 1.29 is 0 Å². The standard InChI is InChI=1S/C13H25N3/c1-2-13-12(5-9-16(13)8-1)15-10-11-3-6-14-7-4-11/h11-15H,1-10H2. The highest BCUT2D eigenvalue weighted by Crippen LogP contribution is 2.28. The molecule has 3 fully saturated rings. The minimum atomic E-state index is 0.803. The zero-order chi connectivity index (χ0) is 10.8. The molecule has 0 saturated carbocycles. The fraction of sp³-hybridized carbons (Fsp3) is 1.00. The molecule has 2 unspecified atom stereocenters. The van der Waals surface area contributed by atoms with E-state index in [0.717, 1.165) is 18.0 Å². The summed E-state index contributed by atoms with van der Waals surface area (Å²) in [5.74, 6) is 0.928. The lowest BCUT2D eigenvalue weighted by molar-refractivity contribution is 0.282. The Bertz CT molecular complexity index is 225. The van der Waals surface area contributed by atoms with Gasteiger partial charge in [-0.3, -0.25) is 4.90 Å². The van der Waals surface area contributed by atoms with Crippen LogP contribution >= 0.6 is 0 Å². The average Bonchev–Trinajstić information content (AvgIpc) is 2.90. The molecule has 0 aromatic carbocycles. The Balaban J connectivity index is 1.44. The molecule has 16 heavy (non-hydrogen) atoms. The summed E-state index contributed by atoms with van der Waals surface area (Å²) in [6, 6.07) is 1.68. The van der Waals surface area contributed by atoms with Gasteiger partial charge >= 0.3 is 0 Å². The Morgan fingerprint density at radius 3 is 2.81 bits per heavy atom. The fourth-order valence-corrected chi connectivity index (χ4v) is 3.72. The summed E-state index contributed by atoms with van der Waals surface area (Å²) < 4.78 is 0. The van der Waals surface area contributed by atoms with E-state index < -0.39 is 0 Å². The molecule has 0 radical (unpaired) electrons. The summed E-state index contributed by atoms with van der Waals surface area (Å²) in [6.45, 7) is 6.42. The molecule has 3 aliphatic heterocycles. The van der Waals surface area contributed by atoms with Crippen LogP contribution in [0.3, 0.4) is 0 Å². The maximum atomic E-state index is 3.85. The van der Waals surface area contributed by atoms with Crippen molar-refractivity contribution >= 4 is 0 Å². The highest BCUT2D eigenvalue weighted by Gasteiger charge is 2.36. The summed E-state index contributed by atoms with van der Waals surface area (Å²) >= 11 is 0. The number of piperidine rings is 1. The van der Waals surface area contributed by atoms with Crippen LogP contribution in [0.5, 0.6) is 0 Å². The Labute approximate surface area is 99.0 Å². The zero-order valence-electron chi connectivity index (χ0n) is 10.3. The number of rotatable bonds is 3. The third-order valence-electron chi connectivity index (χ3n) is 4.73. The van der Waals surface area contributed by atoms with Crippen LogP contribution in [0, 0.1) is 5.92 Å². The van der Waals surface area contributed by atoms with Crippen LogP contribution in [0.25, 0.3) is 0 Å². The van der Waals surface area contributed by atoms with E-state index >= 15 is 0 Å². The van der Waals surface area contributed by atoms with Crippen molar-refractivity contribution in [1.29, 1.82) is 0 Å². The molecule has 0 spiro atoms. The maximum Gasteiger partial charge on any atom is 0.0250 e. The van der Waals surface area contributed by atoms with Gasteiger partial charge in [-0.1, -0.05) is 0 Å². The van der Waals surface area contributed by atoms with E-state index in [2.05, 4.69) is 15.5 Å². The van der Waals surface area contributed by atoms with Gasteiger partial charge in [-0.2, -0.15) is 0 Å². The molecular formula is C13H25N3. The van der Waals surface area contributed by atoms with Crippen molar-refractivity contribution in [2.45, 2.75) is 44.2 Å². The van der Waals surface area contributed by atoms with Crippen molar-refractivity contribution in [2.75, 3.05) is 32.7 Å². The minimum absolute atomic E-state index is 0.803. The molecular weight excluding hydrogens is 198 g/mol. The van der Waals surface area contributed by atoms with Crippen molar-refractivity contribution in [3.05, 3.63) is 0 Å². The topological polar surface area (TPSA) is 27.3 Å². The molecule has 2 N–H and O–H groups in total. The molecule has 0 aromatic rings. The summed E-state index contributed by atoms with van der Waals surface area (Å²) in [6.07, 6.45) is 6.98. The molecule has 92 valence electrons. The fourth-order valence-electron chi connectivity index (χ4n) is 3.72. The van der Waals surface area contributed by atoms with Crippen molar-refractivity contribution in [2.24, 2.45) is 5.92 Å². The second kappa shape index (κ2) is 5.03. The molecule has 3 heterocycles. The summed E-state index contributed by atoms with van der Waals surface area (Å²) in [5, 5.41) is 7.30. The first-order valence-corrected chi connectivity index (χ1v) is 7.11. The van der Waals surface area contributed by atoms with Crippen LogP contribution in [0.4, 0.5) is 0 Å². The molecule has 3 aliphatic rings. The Kier molecular flexibility index (Phi) is 3.46. The number of fused-ring (bicyclic) bond motifs is 1. The Hall–Kier alpha value is -0.120. The largest absolute Gasteiger partial charge is 0.317 e. The van der Waals surface area contributed by atoms with Gasteiger partial charge in [0.2, 0.25) is 0 Å². The number of hydrogen-bond acceptors (Lipinski definition) is 3. The number of hydrogen-bond donors (Lipinski definition) is 2. The number of nitrogens with one attached hydrogen (secondary N) is 2. The lowest BCUT2D eigenvalue weighted by atomic mass is 9.97. The molecule has 0 aliphatic carbocycles. The third-order valence-corrected chi connectivity index (χ3v) is 4.73. The maximum absolute atomic E-state index is 3.85. The van der Waals surface area contributed by atoms with Gasteiger partial charge in [0.05, 0.1) is 0 Å². The van der Waals surface area contributed by atoms with Gasteiger partial charge in [0.15, 0.2) is 0 Å². The monoisotopic (exact) mass is 223 g/mol. The summed E-state index contributed by atoms with van der Waals surface area (Å²) in [5.41, 5.74) is 0. The molecule has 3 heteroatoms. The lowest BCUT2D eigenvalue weighted by Gasteiger charge is -2.27. The van der Waals surface area contributed by atoms with Gasteiger partial charge in [-0.15, -0.1) is 0 Å². The van der Waals surface area contributed by atoms with Crippen LogP contribution < -0.4 is 10.6 Å². The second-order valence-electron chi connectivity index (χ2n) is 5.74. The van der Waals surface area contributed by atoms with E-state index in [1.165, 1.54) is 64.8 Å². The molecule has 0 amide bonds. The average molecular weight is 223 g/mol. The van der Waals surface area contributed by atoms with Gasteiger partial charge in [0, 0.05) is 18.6 Å². The first-order valence-electron chi connectivity index (χ1n) is 7.11. The first-order chi connectivity index (χ1) is 7.93. The van der Waals surface area contributed by atoms with Gasteiger partial charge in [0.25, 0.3) is 0 Å². The van der Waals surface area contributed by atoms with Gasteiger partial charge < -0.3 is 10.6 Å². The highest BCUT2D eigenvalue weighted by molar-refractivity contribution is 4.95. The lowest BCUT2D eigenvalue weighted by Crippen LogP contribution is -2.43. The van der Waals surface area contributed by atoms with E-state index in [-0.39, 0.29) is 0 Å². The molecule has 2 atom stereocenters. The normalized spacial score (nSPS) is 36.8. The summed E-state index contributed by atoms with van der Waals surface area (Å²) in [4.78, 5) is 2.69. The van der Waals surface area contributed by atoms with E-state index in [0.29, 0.717) is 0 Å². The van der Waals surface area contributed by atoms with Crippen molar-refractivity contribution in [1.82, 2.24) is 15.5 Å². The zero-order valence-corrected chi connectivity index (χ0v) is 10.3. The Morgan fingerprint density at radius 2 is 1.94 bits per heavy atom. The number of nitrogens with zero attached hydrogens (tertiary/aromatic N) is 1.